The van der Waals surface area contributed by atoms with Crippen LogP contribution in [-0.2, 0) is 14.3 Å². The number of halogens is 2. The molecular weight excluding hydrogens is 415 g/mol. The van der Waals surface area contributed by atoms with Gasteiger partial charge in [0.25, 0.3) is 5.91 Å². The number of nitrogens with two attached hydrogens (primary N) is 1. The standard InChI is InChI=1S/C11H12BrIN2O3/c1-2-18-11(17)9(14)10(16)15-6-3-4-7(12)8(13)5-6/h3-5,9H,2,14H2,1H3,(H,15,16). The number of ether oxygens (including phenoxy) is 1. The molecule has 1 amide bonds. The maximum Gasteiger partial charge on any atom is 0.332 e. The SMILES string of the molecule is CCOC(=O)C(N)C(=O)Nc1ccc(Br)c(I)c1. The topological polar surface area (TPSA) is 81.4 Å². The second-order valence-corrected chi connectivity index (χ2v) is 5.36. The fourth-order valence-corrected chi connectivity index (χ4v) is 1.89. The van der Waals surface area contributed by atoms with E-state index in [1.807, 2.05) is 0 Å². The first kappa shape index (κ1) is 15.4. The van der Waals surface area contributed by atoms with E-state index in [0.717, 1.165) is 8.04 Å². The van der Waals surface area contributed by atoms with Crippen molar-refractivity contribution in [3.05, 3.63) is 26.2 Å². The number of benzene rings is 1. The molecule has 1 unspecified atom stereocenters. The first-order valence-electron chi connectivity index (χ1n) is 5.13. The highest BCUT2D eigenvalue weighted by Gasteiger charge is 2.23. The number of carbonyl (C=O) groups is 2. The molecule has 1 aromatic rings. The number of amides is 1. The highest BCUT2D eigenvalue weighted by molar-refractivity contribution is 14.1. The van der Waals surface area contributed by atoms with Crippen molar-refractivity contribution in [1.29, 1.82) is 0 Å². The third-order valence-electron chi connectivity index (χ3n) is 2.01. The van der Waals surface area contributed by atoms with Gasteiger partial charge in [0.05, 0.1) is 6.61 Å². The van der Waals surface area contributed by atoms with Gasteiger partial charge in [-0.1, -0.05) is 0 Å². The number of esters is 1. The zero-order chi connectivity index (χ0) is 13.7. The fourth-order valence-electron chi connectivity index (χ4n) is 1.13. The Labute approximate surface area is 127 Å². The summed E-state index contributed by atoms with van der Waals surface area (Å²) in [7, 11) is 0. The van der Waals surface area contributed by atoms with E-state index >= 15 is 0 Å². The van der Waals surface area contributed by atoms with Crippen molar-refractivity contribution < 1.29 is 14.3 Å². The molecule has 0 aliphatic heterocycles. The Morgan fingerprint density at radius 2 is 2.22 bits per heavy atom. The van der Waals surface area contributed by atoms with Gasteiger partial charge >= 0.3 is 5.97 Å². The average Bonchev–Trinajstić information content (AvgIpc) is 2.33. The molecule has 0 aliphatic rings. The van der Waals surface area contributed by atoms with Crippen LogP contribution < -0.4 is 11.1 Å². The zero-order valence-electron chi connectivity index (χ0n) is 9.57. The second kappa shape index (κ2) is 7.05. The lowest BCUT2D eigenvalue weighted by atomic mass is 10.2. The Kier molecular flexibility index (Phi) is 6.03. The first-order chi connectivity index (χ1) is 8.45. The summed E-state index contributed by atoms with van der Waals surface area (Å²) in [6.45, 7) is 1.84. The fraction of sp³-hybridized carbons (Fsp3) is 0.273. The van der Waals surface area contributed by atoms with E-state index in [1.165, 1.54) is 0 Å². The summed E-state index contributed by atoms with van der Waals surface area (Å²) in [6.07, 6.45) is 0. The monoisotopic (exact) mass is 426 g/mol. The Hall–Kier alpha value is -0.670. The smallest absolute Gasteiger partial charge is 0.332 e. The van der Waals surface area contributed by atoms with Gasteiger partial charge in [0, 0.05) is 13.7 Å². The number of nitrogens with one attached hydrogen (secondary N) is 1. The summed E-state index contributed by atoms with van der Waals surface area (Å²) in [4.78, 5) is 23.0. The van der Waals surface area contributed by atoms with E-state index in [-0.39, 0.29) is 6.61 Å². The van der Waals surface area contributed by atoms with Crippen molar-refractivity contribution in [3.63, 3.8) is 0 Å². The van der Waals surface area contributed by atoms with Gasteiger partial charge in [-0.3, -0.25) is 4.79 Å². The van der Waals surface area contributed by atoms with E-state index in [4.69, 9.17) is 5.73 Å². The summed E-state index contributed by atoms with van der Waals surface area (Å²) >= 11 is 5.47. The summed E-state index contributed by atoms with van der Waals surface area (Å²) in [5.74, 6) is -1.33. The summed E-state index contributed by atoms with van der Waals surface area (Å²) < 4.78 is 6.54. The van der Waals surface area contributed by atoms with Crippen molar-refractivity contribution in [2.24, 2.45) is 5.73 Å². The molecule has 0 heterocycles. The van der Waals surface area contributed by atoms with Crippen LogP contribution in [0.3, 0.4) is 0 Å². The van der Waals surface area contributed by atoms with Crippen LogP contribution in [0.1, 0.15) is 6.92 Å². The number of anilines is 1. The molecule has 7 heteroatoms. The molecule has 0 aromatic heterocycles. The Morgan fingerprint density at radius 1 is 1.56 bits per heavy atom. The van der Waals surface area contributed by atoms with Gasteiger partial charge in [-0.15, -0.1) is 0 Å². The Morgan fingerprint density at radius 3 is 2.78 bits per heavy atom. The Bertz CT molecular complexity index is 468. The molecule has 0 saturated heterocycles. The highest BCUT2D eigenvalue weighted by Crippen LogP contribution is 2.22. The molecule has 0 spiro atoms. The first-order valence-corrected chi connectivity index (χ1v) is 7.01. The van der Waals surface area contributed by atoms with Gasteiger partial charge < -0.3 is 15.8 Å². The number of carbonyl (C=O) groups excluding carboxylic acids is 2. The summed E-state index contributed by atoms with van der Waals surface area (Å²) in [5, 5.41) is 2.56. The predicted molar refractivity (Wildman–Crippen MR) is 80.1 cm³/mol. The van der Waals surface area contributed by atoms with Gasteiger partial charge in [-0.05, 0) is 63.6 Å². The lowest BCUT2D eigenvalue weighted by Crippen LogP contribution is -2.43. The second-order valence-electron chi connectivity index (χ2n) is 3.35. The number of rotatable bonds is 4. The van der Waals surface area contributed by atoms with E-state index in [9.17, 15) is 9.59 Å². The third-order valence-corrected chi connectivity index (χ3v) is 4.34. The van der Waals surface area contributed by atoms with Crippen LogP contribution in [0.5, 0.6) is 0 Å². The van der Waals surface area contributed by atoms with Crippen LogP contribution in [0.2, 0.25) is 0 Å². The van der Waals surface area contributed by atoms with Crippen LogP contribution in [0.4, 0.5) is 5.69 Å². The molecular formula is C11H12BrIN2O3. The zero-order valence-corrected chi connectivity index (χ0v) is 13.3. The molecule has 18 heavy (non-hydrogen) atoms. The van der Waals surface area contributed by atoms with Crippen molar-refractivity contribution in [2.45, 2.75) is 13.0 Å². The Balaban J connectivity index is 2.69. The minimum Gasteiger partial charge on any atom is -0.464 e. The molecule has 0 fully saturated rings. The van der Waals surface area contributed by atoms with Crippen molar-refractivity contribution in [1.82, 2.24) is 0 Å². The van der Waals surface area contributed by atoms with Gasteiger partial charge in [0.2, 0.25) is 0 Å². The maximum atomic E-state index is 11.7. The van der Waals surface area contributed by atoms with Gasteiger partial charge in [-0.2, -0.15) is 0 Å². The molecule has 0 radical (unpaired) electrons. The van der Waals surface area contributed by atoms with E-state index < -0.39 is 17.9 Å². The molecule has 98 valence electrons. The lowest BCUT2D eigenvalue weighted by Gasteiger charge is -2.11. The lowest BCUT2D eigenvalue weighted by molar-refractivity contribution is -0.146. The van der Waals surface area contributed by atoms with Crippen LogP contribution in [0.15, 0.2) is 22.7 Å². The minimum atomic E-state index is -1.31. The molecule has 0 saturated carbocycles. The van der Waals surface area contributed by atoms with Crippen LogP contribution in [-0.4, -0.2) is 24.5 Å². The third kappa shape index (κ3) is 4.21. The number of hydrogen-bond donors (Lipinski definition) is 2. The quantitative estimate of drug-likeness (QED) is 0.437. The summed E-state index contributed by atoms with van der Waals surface area (Å²) in [6, 6.07) is 3.96. The van der Waals surface area contributed by atoms with Crippen LogP contribution in [0.25, 0.3) is 0 Å². The molecule has 1 rings (SSSR count). The molecule has 1 atom stereocenters. The minimum absolute atomic E-state index is 0.190. The molecule has 0 bridgehead atoms. The van der Waals surface area contributed by atoms with Gasteiger partial charge in [0.15, 0.2) is 6.04 Å². The highest BCUT2D eigenvalue weighted by atomic mass is 127. The summed E-state index contributed by atoms with van der Waals surface area (Å²) in [5.41, 5.74) is 6.04. The van der Waals surface area contributed by atoms with E-state index in [1.54, 1.807) is 25.1 Å². The van der Waals surface area contributed by atoms with Crippen molar-refractivity contribution >= 4 is 56.1 Å². The molecule has 3 N–H and O–H groups in total. The molecule has 1 aromatic carbocycles. The van der Waals surface area contributed by atoms with Crippen molar-refractivity contribution in [3.8, 4) is 0 Å². The van der Waals surface area contributed by atoms with E-state index in [2.05, 4.69) is 48.6 Å². The van der Waals surface area contributed by atoms with Gasteiger partial charge in [0.1, 0.15) is 0 Å². The molecule has 5 nitrogen and oxygen atoms in total. The van der Waals surface area contributed by atoms with Crippen LogP contribution in [0, 0.1) is 3.57 Å². The number of hydrogen-bond acceptors (Lipinski definition) is 4. The predicted octanol–water partition coefficient (Wildman–Crippen LogP) is 1.88. The van der Waals surface area contributed by atoms with Crippen molar-refractivity contribution in [2.75, 3.05) is 11.9 Å². The average molecular weight is 427 g/mol. The molecule has 0 aliphatic carbocycles. The maximum absolute atomic E-state index is 11.7. The normalized spacial score (nSPS) is 11.8. The van der Waals surface area contributed by atoms with E-state index in [0.29, 0.717) is 5.69 Å². The van der Waals surface area contributed by atoms with Crippen LogP contribution >= 0.6 is 38.5 Å². The van der Waals surface area contributed by atoms with Gasteiger partial charge in [-0.25, -0.2) is 4.79 Å². The largest absolute Gasteiger partial charge is 0.464 e.